The van der Waals surface area contributed by atoms with E-state index in [1.165, 1.54) is 13.2 Å². The van der Waals surface area contributed by atoms with E-state index in [9.17, 15) is 4.39 Å². The number of benzene rings is 1. The topological polar surface area (TPSA) is 34.1 Å². The Morgan fingerprint density at radius 1 is 1.30 bits per heavy atom. The number of rotatable bonds is 5. The van der Waals surface area contributed by atoms with Crippen LogP contribution < -0.4 is 10.1 Å². The molecule has 2 aromatic rings. The minimum Gasteiger partial charge on any atom is -0.494 e. The van der Waals surface area contributed by atoms with Gasteiger partial charge in [0.1, 0.15) is 0 Å². The van der Waals surface area contributed by atoms with Crippen LogP contribution in [0.5, 0.6) is 5.75 Å². The number of hydrogen-bond acceptors (Lipinski definition) is 3. The molecule has 2 rings (SSSR count). The van der Waals surface area contributed by atoms with Crippen LogP contribution in [0.2, 0.25) is 0 Å². The van der Waals surface area contributed by atoms with Gasteiger partial charge in [-0.1, -0.05) is 6.07 Å². The Kier molecular flexibility index (Phi) is 4.69. The molecular formula is C16H19FN2O. The molecule has 3 nitrogen and oxygen atoms in total. The van der Waals surface area contributed by atoms with Crippen molar-refractivity contribution in [3.63, 3.8) is 0 Å². The minimum atomic E-state index is -0.336. The molecule has 106 valence electrons. The van der Waals surface area contributed by atoms with Gasteiger partial charge in [0.05, 0.1) is 18.8 Å². The van der Waals surface area contributed by atoms with E-state index in [4.69, 9.17) is 4.74 Å². The molecule has 0 fully saturated rings. The SMILES string of the molecule is CNC(Cc1ccc(OC)c(F)c1)c1cc(C)ccn1. The third kappa shape index (κ3) is 3.33. The summed E-state index contributed by atoms with van der Waals surface area (Å²) in [5, 5.41) is 3.23. The number of nitrogens with one attached hydrogen (secondary N) is 1. The van der Waals surface area contributed by atoms with Crippen LogP contribution in [0.1, 0.15) is 22.9 Å². The van der Waals surface area contributed by atoms with Crippen molar-refractivity contribution < 1.29 is 9.13 Å². The van der Waals surface area contributed by atoms with Crippen molar-refractivity contribution in [1.29, 1.82) is 0 Å². The molecule has 1 aromatic heterocycles. The average Bonchev–Trinajstić information content (AvgIpc) is 2.45. The van der Waals surface area contributed by atoms with Crippen molar-refractivity contribution in [3.05, 3.63) is 59.2 Å². The molecular weight excluding hydrogens is 255 g/mol. The van der Waals surface area contributed by atoms with Crippen molar-refractivity contribution >= 4 is 0 Å². The van der Waals surface area contributed by atoms with E-state index in [-0.39, 0.29) is 17.6 Å². The number of methoxy groups -OCH3 is 1. The Morgan fingerprint density at radius 3 is 2.70 bits per heavy atom. The summed E-state index contributed by atoms with van der Waals surface area (Å²) in [4.78, 5) is 4.38. The predicted octanol–water partition coefficient (Wildman–Crippen LogP) is 3.04. The molecule has 0 aliphatic carbocycles. The zero-order valence-electron chi connectivity index (χ0n) is 12.0. The lowest BCUT2D eigenvalue weighted by Gasteiger charge is -2.16. The molecule has 0 spiro atoms. The van der Waals surface area contributed by atoms with Crippen LogP contribution in [-0.4, -0.2) is 19.1 Å². The van der Waals surface area contributed by atoms with Crippen LogP contribution in [0.3, 0.4) is 0 Å². The van der Waals surface area contributed by atoms with Gasteiger partial charge in [-0.3, -0.25) is 4.98 Å². The molecule has 4 heteroatoms. The number of aromatic nitrogens is 1. The van der Waals surface area contributed by atoms with Crippen molar-refractivity contribution in [3.8, 4) is 5.75 Å². The lowest BCUT2D eigenvalue weighted by atomic mass is 10.0. The van der Waals surface area contributed by atoms with Crippen LogP contribution in [0.4, 0.5) is 4.39 Å². The number of hydrogen-bond donors (Lipinski definition) is 1. The van der Waals surface area contributed by atoms with Crippen molar-refractivity contribution in [1.82, 2.24) is 10.3 Å². The number of aryl methyl sites for hydroxylation is 1. The highest BCUT2D eigenvalue weighted by Gasteiger charge is 2.13. The lowest BCUT2D eigenvalue weighted by molar-refractivity contribution is 0.386. The minimum absolute atomic E-state index is 0.0581. The first-order chi connectivity index (χ1) is 9.63. The Bertz CT molecular complexity index is 586. The highest BCUT2D eigenvalue weighted by atomic mass is 19.1. The monoisotopic (exact) mass is 274 g/mol. The molecule has 0 aliphatic heterocycles. The van der Waals surface area contributed by atoms with Gasteiger partial charge in [-0.15, -0.1) is 0 Å². The maximum absolute atomic E-state index is 13.7. The maximum Gasteiger partial charge on any atom is 0.165 e. The van der Waals surface area contributed by atoms with E-state index >= 15 is 0 Å². The Balaban J connectivity index is 2.20. The zero-order chi connectivity index (χ0) is 14.5. The fourth-order valence-corrected chi connectivity index (χ4v) is 2.18. The summed E-state index contributed by atoms with van der Waals surface area (Å²) in [6.07, 6.45) is 2.47. The number of nitrogens with zero attached hydrogens (tertiary/aromatic N) is 1. The molecule has 1 N–H and O–H groups in total. The van der Waals surface area contributed by atoms with Crippen molar-refractivity contribution in [2.24, 2.45) is 0 Å². The first kappa shape index (κ1) is 14.5. The average molecular weight is 274 g/mol. The number of halogens is 1. The van der Waals surface area contributed by atoms with Gasteiger partial charge in [-0.25, -0.2) is 4.39 Å². The van der Waals surface area contributed by atoms with Gasteiger partial charge in [-0.2, -0.15) is 0 Å². The standard InChI is InChI=1S/C16H19FN2O/c1-11-6-7-19-15(8-11)14(18-2)10-12-4-5-16(20-3)13(17)9-12/h4-9,14,18H,10H2,1-3H3. The fraction of sp³-hybridized carbons (Fsp3) is 0.312. The summed E-state index contributed by atoms with van der Waals surface area (Å²) in [5.74, 6) is -0.0690. The molecule has 0 aliphatic rings. The van der Waals surface area contributed by atoms with Crippen molar-refractivity contribution in [2.45, 2.75) is 19.4 Å². The highest BCUT2D eigenvalue weighted by molar-refractivity contribution is 5.30. The van der Waals surface area contributed by atoms with E-state index in [2.05, 4.69) is 10.3 Å². The third-order valence-corrected chi connectivity index (χ3v) is 3.30. The largest absolute Gasteiger partial charge is 0.494 e. The van der Waals surface area contributed by atoms with E-state index in [1.54, 1.807) is 12.3 Å². The normalized spacial score (nSPS) is 12.2. The van der Waals surface area contributed by atoms with E-state index in [0.29, 0.717) is 6.42 Å². The molecule has 0 saturated heterocycles. The van der Waals surface area contributed by atoms with Crippen LogP contribution in [0.25, 0.3) is 0 Å². The molecule has 20 heavy (non-hydrogen) atoms. The Hall–Kier alpha value is -1.94. The Morgan fingerprint density at radius 2 is 2.10 bits per heavy atom. The zero-order valence-corrected chi connectivity index (χ0v) is 12.0. The number of ether oxygens (including phenoxy) is 1. The lowest BCUT2D eigenvalue weighted by Crippen LogP contribution is -2.20. The molecule has 0 amide bonds. The molecule has 0 saturated carbocycles. The van der Waals surface area contributed by atoms with E-state index in [1.807, 2.05) is 32.2 Å². The first-order valence-electron chi connectivity index (χ1n) is 6.56. The molecule has 1 atom stereocenters. The van der Waals surface area contributed by atoms with Gasteiger partial charge in [-0.05, 0) is 55.8 Å². The second-order valence-corrected chi connectivity index (χ2v) is 4.77. The molecule has 1 aromatic carbocycles. The van der Waals surface area contributed by atoms with E-state index < -0.39 is 0 Å². The van der Waals surface area contributed by atoms with Crippen LogP contribution in [0, 0.1) is 12.7 Å². The summed E-state index contributed by atoms with van der Waals surface area (Å²) in [5.41, 5.74) is 3.03. The molecule has 1 unspecified atom stereocenters. The van der Waals surface area contributed by atoms with Crippen LogP contribution in [0.15, 0.2) is 36.5 Å². The molecule has 0 bridgehead atoms. The summed E-state index contributed by atoms with van der Waals surface area (Å²) in [6, 6.07) is 9.11. The van der Waals surface area contributed by atoms with Gasteiger partial charge in [0.2, 0.25) is 0 Å². The first-order valence-corrected chi connectivity index (χ1v) is 6.56. The van der Waals surface area contributed by atoms with Crippen molar-refractivity contribution in [2.75, 3.05) is 14.2 Å². The van der Waals surface area contributed by atoms with Crippen LogP contribution in [-0.2, 0) is 6.42 Å². The quantitative estimate of drug-likeness (QED) is 0.910. The summed E-state index contributed by atoms with van der Waals surface area (Å²) < 4.78 is 18.6. The van der Waals surface area contributed by atoms with Gasteiger partial charge < -0.3 is 10.1 Å². The van der Waals surface area contributed by atoms with Gasteiger partial charge in [0.15, 0.2) is 11.6 Å². The van der Waals surface area contributed by atoms with E-state index in [0.717, 1.165) is 16.8 Å². The maximum atomic E-state index is 13.7. The Labute approximate surface area is 118 Å². The summed E-state index contributed by atoms with van der Waals surface area (Å²) in [6.45, 7) is 2.03. The predicted molar refractivity (Wildman–Crippen MR) is 77.4 cm³/mol. The number of likely N-dealkylation sites (N-methyl/N-ethyl adjacent to an activating group) is 1. The van der Waals surface area contributed by atoms with Gasteiger partial charge >= 0.3 is 0 Å². The molecule has 1 heterocycles. The van der Waals surface area contributed by atoms with Gasteiger partial charge in [0.25, 0.3) is 0 Å². The fourth-order valence-electron chi connectivity index (χ4n) is 2.18. The molecule has 0 radical (unpaired) electrons. The van der Waals surface area contributed by atoms with Gasteiger partial charge in [0, 0.05) is 6.20 Å². The second kappa shape index (κ2) is 6.48. The summed E-state index contributed by atoms with van der Waals surface area (Å²) in [7, 11) is 3.35. The third-order valence-electron chi connectivity index (χ3n) is 3.30. The summed E-state index contributed by atoms with van der Waals surface area (Å²) >= 11 is 0. The highest BCUT2D eigenvalue weighted by Crippen LogP contribution is 2.22. The number of pyridine rings is 1. The van der Waals surface area contributed by atoms with Crippen LogP contribution >= 0.6 is 0 Å². The smallest absolute Gasteiger partial charge is 0.165 e. The second-order valence-electron chi connectivity index (χ2n) is 4.77.